The summed E-state index contributed by atoms with van der Waals surface area (Å²) in [6.45, 7) is 9.34. The van der Waals surface area contributed by atoms with E-state index < -0.39 is 0 Å². The van der Waals surface area contributed by atoms with Gasteiger partial charge in [-0.05, 0) is 25.6 Å². The van der Waals surface area contributed by atoms with Crippen molar-refractivity contribution in [2.45, 2.75) is 27.7 Å². The van der Waals surface area contributed by atoms with Gasteiger partial charge in [-0.15, -0.1) is 0 Å². The molecule has 0 saturated heterocycles. The molecule has 0 bridgehead atoms. The van der Waals surface area contributed by atoms with Gasteiger partial charge in [0.25, 0.3) is 6.47 Å². The third-order valence-corrected chi connectivity index (χ3v) is 2.20. The number of rotatable bonds is 7. The van der Waals surface area contributed by atoms with Crippen LogP contribution in [0.5, 0.6) is 0 Å². The lowest BCUT2D eigenvalue weighted by Crippen LogP contribution is -2.14. The molecule has 5 nitrogen and oxygen atoms in total. The minimum atomic E-state index is -0.278. The van der Waals surface area contributed by atoms with Gasteiger partial charge in [0, 0.05) is 0 Å². The molecule has 0 amide bonds. The molecule has 0 heterocycles. The van der Waals surface area contributed by atoms with Crippen molar-refractivity contribution in [1.82, 2.24) is 5.32 Å². The zero-order valence-corrected chi connectivity index (χ0v) is 13.8. The van der Waals surface area contributed by atoms with E-state index in [9.17, 15) is 9.59 Å². The van der Waals surface area contributed by atoms with Crippen molar-refractivity contribution in [3.63, 3.8) is 0 Å². The highest BCUT2D eigenvalue weighted by atomic mass is 32.2. The lowest BCUT2D eigenvalue weighted by atomic mass is 10.2. The van der Waals surface area contributed by atoms with Crippen molar-refractivity contribution in [3.05, 3.63) is 0 Å². The lowest BCUT2D eigenvalue weighted by molar-refractivity contribution is -0.150. The second-order valence-electron chi connectivity index (χ2n) is 3.57. The van der Waals surface area contributed by atoms with Crippen LogP contribution in [0.1, 0.15) is 27.7 Å². The summed E-state index contributed by atoms with van der Waals surface area (Å²) in [6, 6.07) is 0. The van der Waals surface area contributed by atoms with Crippen molar-refractivity contribution < 1.29 is 19.1 Å². The van der Waals surface area contributed by atoms with Gasteiger partial charge >= 0.3 is 5.97 Å². The molecular formula is C13H29NO4S. The summed E-state index contributed by atoms with van der Waals surface area (Å²) in [4.78, 5) is 20.4. The zero-order valence-electron chi connectivity index (χ0n) is 13.0. The Kier molecular flexibility index (Phi) is 27.6. The van der Waals surface area contributed by atoms with Gasteiger partial charge in [-0.2, -0.15) is 11.8 Å². The smallest absolute Gasteiger partial charge is 0.308 e. The highest BCUT2D eigenvalue weighted by Crippen LogP contribution is 1.94. The Bertz CT molecular complexity index is 181. The van der Waals surface area contributed by atoms with Gasteiger partial charge in [-0.1, -0.05) is 27.7 Å². The van der Waals surface area contributed by atoms with E-state index in [-0.39, 0.29) is 25.1 Å². The third kappa shape index (κ3) is 31.7. The number of carbonyl (C=O) groups excluding carboxylic acids is 2. The summed E-state index contributed by atoms with van der Waals surface area (Å²) < 4.78 is 8.99. The predicted molar refractivity (Wildman–Crippen MR) is 81.5 cm³/mol. The summed E-state index contributed by atoms with van der Waals surface area (Å²) >= 11 is 1.86. The first-order chi connectivity index (χ1) is 9.01. The molecule has 0 aromatic rings. The van der Waals surface area contributed by atoms with Crippen molar-refractivity contribution in [2.24, 2.45) is 5.92 Å². The molecular weight excluding hydrogens is 266 g/mol. The van der Waals surface area contributed by atoms with Gasteiger partial charge in [0.1, 0.15) is 13.2 Å². The second kappa shape index (κ2) is 22.4. The highest BCUT2D eigenvalue weighted by molar-refractivity contribution is 7.98. The Morgan fingerprint density at radius 1 is 1.32 bits per heavy atom. The Morgan fingerprint density at radius 3 is 2.05 bits per heavy atom. The average Bonchev–Trinajstić information content (AvgIpc) is 2.43. The van der Waals surface area contributed by atoms with Crippen LogP contribution >= 0.6 is 11.8 Å². The summed E-state index contributed by atoms with van der Waals surface area (Å²) in [5.74, 6) is 0.825. The molecule has 19 heavy (non-hydrogen) atoms. The van der Waals surface area contributed by atoms with Gasteiger partial charge in [0.15, 0.2) is 0 Å². The van der Waals surface area contributed by atoms with Crippen LogP contribution in [-0.2, 0) is 19.1 Å². The average molecular weight is 295 g/mol. The van der Waals surface area contributed by atoms with E-state index in [0.717, 1.165) is 6.54 Å². The minimum absolute atomic E-state index is 0.127. The molecule has 116 valence electrons. The van der Waals surface area contributed by atoms with Crippen molar-refractivity contribution in [1.29, 1.82) is 0 Å². The molecule has 0 fully saturated rings. The maximum atomic E-state index is 10.7. The summed E-state index contributed by atoms with van der Waals surface area (Å²) in [7, 11) is 1.93. The molecule has 0 aromatic heterocycles. The molecule has 0 unspecified atom stereocenters. The first-order valence-electron chi connectivity index (χ1n) is 6.37. The highest BCUT2D eigenvalue weighted by Gasteiger charge is 2.06. The zero-order chi connectivity index (χ0) is 15.5. The molecule has 6 heteroatoms. The standard InChI is InChI=1S/C7H12O4.C3H9N.C3H8S/c1-6(2)7(9)11-4-3-10-5-8;2*1-3-4-2/h5-6H,3-4H2,1-2H3;4H,3H2,1-2H3;3H2,1-2H3. The maximum absolute atomic E-state index is 10.7. The van der Waals surface area contributed by atoms with E-state index in [1.165, 1.54) is 5.75 Å². The topological polar surface area (TPSA) is 64.6 Å². The van der Waals surface area contributed by atoms with Crippen LogP contribution < -0.4 is 5.32 Å². The number of hydrogen-bond acceptors (Lipinski definition) is 6. The molecule has 0 aromatic carbocycles. The molecule has 0 aliphatic rings. The fraction of sp³-hybridized carbons (Fsp3) is 0.846. The number of thioether (sulfide) groups is 1. The monoisotopic (exact) mass is 295 g/mol. The van der Waals surface area contributed by atoms with Crippen LogP contribution in [-0.4, -0.2) is 51.3 Å². The molecule has 0 aliphatic carbocycles. The van der Waals surface area contributed by atoms with Gasteiger partial charge < -0.3 is 14.8 Å². The van der Waals surface area contributed by atoms with Crippen molar-refractivity contribution in [2.75, 3.05) is 38.8 Å². The molecule has 0 radical (unpaired) electrons. The van der Waals surface area contributed by atoms with Gasteiger partial charge in [0.05, 0.1) is 5.92 Å². The lowest BCUT2D eigenvalue weighted by Gasteiger charge is -2.05. The van der Waals surface area contributed by atoms with E-state index in [2.05, 4.69) is 34.9 Å². The third-order valence-electron chi connectivity index (χ3n) is 1.63. The van der Waals surface area contributed by atoms with Gasteiger partial charge in [-0.25, -0.2) is 0 Å². The van der Waals surface area contributed by atoms with Crippen LogP contribution in [0.2, 0.25) is 0 Å². The first-order valence-corrected chi connectivity index (χ1v) is 7.76. The number of nitrogens with one attached hydrogen (secondary N) is 1. The van der Waals surface area contributed by atoms with Crippen LogP contribution in [0.3, 0.4) is 0 Å². The molecule has 1 N–H and O–H groups in total. The summed E-state index contributed by atoms with van der Waals surface area (Å²) in [5.41, 5.74) is 0. The molecule has 0 aliphatic heterocycles. The van der Waals surface area contributed by atoms with E-state index in [1.807, 2.05) is 18.8 Å². The number of carbonyl (C=O) groups is 2. The van der Waals surface area contributed by atoms with E-state index >= 15 is 0 Å². The van der Waals surface area contributed by atoms with E-state index in [4.69, 9.17) is 0 Å². The quantitative estimate of drug-likeness (QED) is 0.440. The van der Waals surface area contributed by atoms with Crippen LogP contribution in [0.25, 0.3) is 0 Å². The van der Waals surface area contributed by atoms with E-state index in [1.54, 1.807) is 13.8 Å². The number of esters is 1. The van der Waals surface area contributed by atoms with Crippen molar-refractivity contribution >= 4 is 24.2 Å². The Balaban J connectivity index is -0.000000264. The van der Waals surface area contributed by atoms with Crippen LogP contribution in [0.4, 0.5) is 0 Å². The van der Waals surface area contributed by atoms with Gasteiger partial charge in [-0.3, -0.25) is 9.59 Å². The number of hydrogen-bond donors (Lipinski definition) is 1. The summed E-state index contributed by atoms with van der Waals surface area (Å²) in [5, 5.41) is 2.93. The Morgan fingerprint density at radius 2 is 1.79 bits per heavy atom. The SMILES string of the molecule is CC(C)C(=O)OCCOC=O.CCNC.CCSC. The van der Waals surface area contributed by atoms with Gasteiger partial charge in [0.2, 0.25) is 0 Å². The molecule has 0 atom stereocenters. The largest absolute Gasteiger partial charge is 0.464 e. The fourth-order valence-corrected chi connectivity index (χ4v) is 0.405. The Hall–Kier alpha value is -0.750. The molecule has 0 rings (SSSR count). The van der Waals surface area contributed by atoms with Crippen LogP contribution in [0, 0.1) is 5.92 Å². The van der Waals surface area contributed by atoms with E-state index in [0.29, 0.717) is 6.47 Å². The summed E-state index contributed by atoms with van der Waals surface area (Å²) in [6.07, 6.45) is 2.10. The van der Waals surface area contributed by atoms with Crippen molar-refractivity contribution in [3.8, 4) is 0 Å². The fourth-order valence-electron chi connectivity index (χ4n) is 0.405. The molecule has 0 saturated carbocycles. The van der Waals surface area contributed by atoms with Crippen LogP contribution in [0.15, 0.2) is 0 Å². The maximum Gasteiger partial charge on any atom is 0.308 e. The second-order valence-corrected chi connectivity index (χ2v) is 4.73. The minimum Gasteiger partial charge on any atom is -0.464 e. The first kappa shape index (κ1) is 23.4. The normalized spacial score (nSPS) is 8.58. The predicted octanol–water partition coefficient (Wildman–Crippen LogP) is 1.95. The Labute approximate surface area is 121 Å². The number of ether oxygens (including phenoxy) is 2. The molecule has 0 spiro atoms.